The summed E-state index contributed by atoms with van der Waals surface area (Å²) in [5.41, 5.74) is -0.0508. The van der Waals surface area contributed by atoms with Gasteiger partial charge in [0.1, 0.15) is 5.82 Å². The molecule has 8 heteroatoms. The first-order chi connectivity index (χ1) is 11.5. The van der Waals surface area contributed by atoms with Crippen LogP contribution in [0.15, 0.2) is 23.2 Å². The van der Waals surface area contributed by atoms with Crippen molar-refractivity contribution in [2.45, 2.75) is 33.1 Å². The number of aliphatic imine (C=N–C) groups is 1. The lowest BCUT2D eigenvalue weighted by Crippen LogP contribution is -2.49. The fourth-order valence-corrected chi connectivity index (χ4v) is 2.81. The minimum absolute atomic E-state index is 0. The van der Waals surface area contributed by atoms with Crippen molar-refractivity contribution in [2.24, 2.45) is 10.4 Å². The van der Waals surface area contributed by atoms with E-state index in [4.69, 9.17) is 11.6 Å². The quantitative estimate of drug-likeness (QED) is 0.320. The molecule has 0 unspecified atom stereocenters. The molecule has 0 aliphatic rings. The van der Waals surface area contributed by atoms with E-state index in [0.29, 0.717) is 24.1 Å². The van der Waals surface area contributed by atoms with E-state index in [2.05, 4.69) is 20.9 Å². The minimum atomic E-state index is -0.567. The number of hydrogen-bond donors (Lipinski definition) is 3. The number of benzene rings is 1. The van der Waals surface area contributed by atoms with Crippen LogP contribution in [0.3, 0.4) is 0 Å². The Hall–Kier alpha value is -1.09. The van der Waals surface area contributed by atoms with Gasteiger partial charge in [0.2, 0.25) is 5.91 Å². The van der Waals surface area contributed by atoms with Crippen molar-refractivity contribution >= 4 is 47.4 Å². The van der Waals surface area contributed by atoms with Gasteiger partial charge in [-0.25, -0.2) is 4.39 Å². The maximum absolute atomic E-state index is 13.2. The summed E-state index contributed by atoms with van der Waals surface area (Å²) in [5.74, 6) is 0.184. The van der Waals surface area contributed by atoms with Gasteiger partial charge in [-0.05, 0) is 31.5 Å². The van der Waals surface area contributed by atoms with Gasteiger partial charge in [-0.2, -0.15) is 0 Å². The van der Waals surface area contributed by atoms with E-state index < -0.39 is 5.41 Å². The predicted octanol–water partition coefficient (Wildman–Crippen LogP) is 3.31. The fourth-order valence-electron chi connectivity index (χ4n) is 2.38. The number of guanidine groups is 1. The number of carbonyl (C=O) groups excluding carboxylic acids is 1. The lowest BCUT2D eigenvalue weighted by atomic mass is 9.84. The van der Waals surface area contributed by atoms with Crippen LogP contribution in [0.1, 0.15) is 33.3 Å². The highest BCUT2D eigenvalue weighted by Gasteiger charge is 2.27. The molecule has 1 aromatic carbocycles. The highest BCUT2D eigenvalue weighted by molar-refractivity contribution is 14.0. The highest BCUT2D eigenvalue weighted by Crippen LogP contribution is 2.29. The molecule has 0 aromatic heterocycles. The third-order valence-corrected chi connectivity index (χ3v) is 4.43. The molecular weight excluding hydrogens is 470 g/mol. The first-order valence-corrected chi connectivity index (χ1v) is 8.53. The van der Waals surface area contributed by atoms with E-state index in [1.807, 2.05) is 27.7 Å². The Morgan fingerprint density at radius 1 is 1.19 bits per heavy atom. The average Bonchev–Trinajstić information content (AvgIpc) is 2.53. The summed E-state index contributed by atoms with van der Waals surface area (Å²) in [4.78, 5) is 16.0. The Morgan fingerprint density at radius 2 is 1.77 bits per heavy atom. The molecule has 0 saturated heterocycles. The van der Waals surface area contributed by atoms with Crippen molar-refractivity contribution in [3.63, 3.8) is 0 Å². The number of nitrogens with one attached hydrogen (secondary N) is 3. The summed E-state index contributed by atoms with van der Waals surface area (Å²) in [6, 6.07) is 4.42. The van der Waals surface area contributed by atoms with E-state index >= 15 is 0 Å². The van der Waals surface area contributed by atoms with Crippen LogP contribution in [0.25, 0.3) is 0 Å². The zero-order valence-corrected chi connectivity index (χ0v) is 19.3. The van der Waals surface area contributed by atoms with Crippen LogP contribution in [0.2, 0.25) is 5.02 Å². The SMILES string of the molecule is CN=C(NCC(C)(C)C(=O)NC)NCC(C)(C)c1ccc(F)cc1Cl.I. The maximum atomic E-state index is 13.2. The third-order valence-electron chi connectivity index (χ3n) is 4.12. The van der Waals surface area contributed by atoms with E-state index in [0.717, 1.165) is 5.56 Å². The number of halogens is 3. The molecule has 0 fully saturated rings. The molecule has 1 rings (SSSR count). The lowest BCUT2D eigenvalue weighted by molar-refractivity contribution is -0.128. The molecule has 0 aliphatic carbocycles. The molecule has 0 saturated carbocycles. The van der Waals surface area contributed by atoms with Crippen molar-refractivity contribution < 1.29 is 9.18 Å². The molecule has 0 bridgehead atoms. The molecule has 0 heterocycles. The number of amides is 1. The van der Waals surface area contributed by atoms with Crippen LogP contribution in [0.4, 0.5) is 4.39 Å². The molecule has 1 aromatic rings. The first-order valence-electron chi connectivity index (χ1n) is 8.16. The zero-order chi connectivity index (χ0) is 19.3. The van der Waals surface area contributed by atoms with Crippen molar-refractivity contribution in [3.8, 4) is 0 Å². The van der Waals surface area contributed by atoms with Crippen molar-refractivity contribution in [1.82, 2.24) is 16.0 Å². The van der Waals surface area contributed by atoms with Crippen LogP contribution in [-0.2, 0) is 10.2 Å². The van der Waals surface area contributed by atoms with Gasteiger partial charge >= 0.3 is 0 Å². The van der Waals surface area contributed by atoms with Crippen LogP contribution in [0.5, 0.6) is 0 Å². The Kier molecular flexibility index (Phi) is 9.87. The van der Waals surface area contributed by atoms with Crippen molar-refractivity contribution in [1.29, 1.82) is 0 Å². The van der Waals surface area contributed by atoms with Gasteiger partial charge in [0.15, 0.2) is 5.96 Å². The number of carbonyl (C=O) groups is 1. The normalized spacial score (nSPS) is 12.2. The average molecular weight is 499 g/mol. The number of nitrogens with zero attached hydrogens (tertiary/aromatic N) is 1. The molecular formula is C18H29ClFIN4O. The monoisotopic (exact) mass is 498 g/mol. The van der Waals surface area contributed by atoms with Gasteiger partial charge in [0.05, 0.1) is 5.41 Å². The molecule has 1 amide bonds. The second-order valence-corrected chi connectivity index (χ2v) is 7.66. The molecule has 3 N–H and O–H groups in total. The van der Waals surface area contributed by atoms with Gasteiger partial charge in [-0.3, -0.25) is 9.79 Å². The van der Waals surface area contributed by atoms with Crippen molar-refractivity contribution in [2.75, 3.05) is 27.2 Å². The molecule has 0 atom stereocenters. The Morgan fingerprint density at radius 3 is 2.27 bits per heavy atom. The highest BCUT2D eigenvalue weighted by atomic mass is 127. The second-order valence-electron chi connectivity index (χ2n) is 7.25. The van der Waals surface area contributed by atoms with E-state index in [-0.39, 0.29) is 41.1 Å². The summed E-state index contributed by atoms with van der Waals surface area (Å²) in [7, 11) is 3.28. The number of rotatable bonds is 6. The van der Waals surface area contributed by atoms with E-state index in [1.54, 1.807) is 20.2 Å². The van der Waals surface area contributed by atoms with E-state index in [9.17, 15) is 9.18 Å². The number of hydrogen-bond acceptors (Lipinski definition) is 2. The van der Waals surface area contributed by atoms with E-state index in [1.165, 1.54) is 12.1 Å². The topological polar surface area (TPSA) is 65.5 Å². The van der Waals surface area contributed by atoms with Gasteiger partial charge in [-0.15, -0.1) is 24.0 Å². The molecule has 26 heavy (non-hydrogen) atoms. The smallest absolute Gasteiger partial charge is 0.227 e. The predicted molar refractivity (Wildman–Crippen MR) is 117 cm³/mol. The molecule has 5 nitrogen and oxygen atoms in total. The van der Waals surface area contributed by atoms with Crippen LogP contribution < -0.4 is 16.0 Å². The Labute approximate surface area is 177 Å². The Bertz CT molecular complexity index is 650. The largest absolute Gasteiger partial charge is 0.359 e. The molecule has 148 valence electrons. The van der Waals surface area contributed by atoms with Gasteiger partial charge in [0, 0.05) is 37.6 Å². The summed E-state index contributed by atoms with van der Waals surface area (Å²) < 4.78 is 13.2. The van der Waals surface area contributed by atoms with Gasteiger partial charge in [0.25, 0.3) is 0 Å². The third kappa shape index (κ3) is 6.90. The summed E-state index contributed by atoms with van der Waals surface area (Å²) in [6.07, 6.45) is 0. The summed E-state index contributed by atoms with van der Waals surface area (Å²) >= 11 is 6.18. The van der Waals surface area contributed by atoms with Gasteiger partial charge in [-0.1, -0.05) is 31.5 Å². The van der Waals surface area contributed by atoms with Crippen LogP contribution in [0, 0.1) is 11.2 Å². The standard InChI is InChI=1S/C18H28ClFN4O.HI/c1-17(2,13-8-7-12(20)9-14(13)19)10-23-16(22-6)24-11-18(3,4)15(25)21-5;/h7-9H,10-11H2,1-6H3,(H,21,25)(H2,22,23,24);1H. The second kappa shape index (κ2) is 10.3. The van der Waals surface area contributed by atoms with Crippen LogP contribution in [-0.4, -0.2) is 39.1 Å². The first kappa shape index (κ1) is 24.9. The zero-order valence-electron chi connectivity index (χ0n) is 16.2. The fraction of sp³-hybridized carbons (Fsp3) is 0.556. The lowest BCUT2D eigenvalue weighted by Gasteiger charge is -2.29. The van der Waals surface area contributed by atoms with Crippen LogP contribution >= 0.6 is 35.6 Å². The minimum Gasteiger partial charge on any atom is -0.359 e. The molecule has 0 aliphatic heterocycles. The molecule has 0 spiro atoms. The summed E-state index contributed by atoms with van der Waals surface area (Å²) in [6.45, 7) is 8.72. The van der Waals surface area contributed by atoms with Gasteiger partial charge < -0.3 is 16.0 Å². The van der Waals surface area contributed by atoms with Crippen molar-refractivity contribution in [3.05, 3.63) is 34.6 Å². The maximum Gasteiger partial charge on any atom is 0.227 e. The molecule has 0 radical (unpaired) electrons. The summed E-state index contributed by atoms with van der Waals surface area (Å²) in [5, 5.41) is 9.44. The Balaban J connectivity index is 0.00000625.